The Hall–Kier alpha value is -3.47. The summed E-state index contributed by atoms with van der Waals surface area (Å²) in [6.45, 7) is 0.517. The minimum atomic E-state index is -0.369. The first-order valence-corrected chi connectivity index (χ1v) is 8.54. The fourth-order valence-corrected chi connectivity index (χ4v) is 3.14. The van der Waals surface area contributed by atoms with Crippen LogP contribution < -0.4 is 0 Å². The van der Waals surface area contributed by atoms with E-state index in [1.165, 1.54) is 19.2 Å². The highest BCUT2D eigenvalue weighted by Crippen LogP contribution is 2.29. The van der Waals surface area contributed by atoms with Crippen molar-refractivity contribution < 1.29 is 13.9 Å². The Balaban J connectivity index is 1.80. The highest BCUT2D eigenvalue weighted by Gasteiger charge is 2.14. The molecule has 1 aromatic heterocycles. The summed E-state index contributed by atoms with van der Waals surface area (Å²) < 4.78 is 19.9. The number of carbonyl (C=O) groups excluding carboxylic acids is 1. The van der Waals surface area contributed by atoms with Gasteiger partial charge < -0.3 is 4.74 Å². The van der Waals surface area contributed by atoms with Gasteiger partial charge in [0.1, 0.15) is 5.82 Å². The molecule has 5 heteroatoms. The van der Waals surface area contributed by atoms with Gasteiger partial charge in [0.25, 0.3) is 0 Å². The first kappa shape index (κ1) is 17.0. The molecule has 0 aliphatic heterocycles. The summed E-state index contributed by atoms with van der Waals surface area (Å²) in [7, 11) is 1.36. The summed E-state index contributed by atoms with van der Waals surface area (Å²) in [5.41, 5.74) is 4.23. The molecule has 134 valence electrons. The van der Waals surface area contributed by atoms with Gasteiger partial charge in [0.2, 0.25) is 0 Å². The summed E-state index contributed by atoms with van der Waals surface area (Å²) in [5.74, 6) is -0.630. The summed E-state index contributed by atoms with van der Waals surface area (Å²) in [4.78, 5) is 11.7. The number of esters is 1. The number of fused-ring (bicyclic) bond motifs is 1. The molecule has 4 aromatic rings. The van der Waals surface area contributed by atoms with Gasteiger partial charge in [-0.05, 0) is 35.9 Å². The highest BCUT2D eigenvalue weighted by molar-refractivity contribution is 5.94. The molecule has 4 rings (SSSR count). The summed E-state index contributed by atoms with van der Waals surface area (Å²) >= 11 is 0. The number of halogens is 1. The van der Waals surface area contributed by atoms with Crippen molar-refractivity contribution in [1.82, 2.24) is 9.78 Å². The number of methoxy groups -OCH3 is 1. The van der Waals surface area contributed by atoms with Crippen LogP contribution in [0.4, 0.5) is 4.39 Å². The lowest BCUT2D eigenvalue weighted by Crippen LogP contribution is -2.04. The molecule has 0 aliphatic carbocycles. The van der Waals surface area contributed by atoms with Crippen molar-refractivity contribution in [2.75, 3.05) is 7.11 Å². The van der Waals surface area contributed by atoms with Crippen LogP contribution in [-0.4, -0.2) is 22.9 Å². The van der Waals surface area contributed by atoms with Gasteiger partial charge in [-0.15, -0.1) is 0 Å². The van der Waals surface area contributed by atoms with E-state index in [9.17, 15) is 9.18 Å². The van der Waals surface area contributed by atoms with Crippen LogP contribution in [0.25, 0.3) is 22.2 Å². The van der Waals surface area contributed by atoms with E-state index < -0.39 is 0 Å². The number of benzene rings is 3. The van der Waals surface area contributed by atoms with Gasteiger partial charge in [0.05, 0.1) is 30.4 Å². The van der Waals surface area contributed by atoms with Crippen LogP contribution in [0.15, 0.2) is 72.8 Å². The van der Waals surface area contributed by atoms with Crippen molar-refractivity contribution in [3.8, 4) is 11.3 Å². The molecule has 1 heterocycles. The van der Waals surface area contributed by atoms with Gasteiger partial charge >= 0.3 is 5.97 Å². The van der Waals surface area contributed by atoms with Crippen molar-refractivity contribution in [2.45, 2.75) is 6.54 Å². The summed E-state index contributed by atoms with van der Waals surface area (Å²) in [6, 6.07) is 21.6. The molecule has 4 nitrogen and oxygen atoms in total. The molecule has 0 saturated carbocycles. The van der Waals surface area contributed by atoms with E-state index in [1.807, 2.05) is 41.1 Å². The number of hydrogen-bond acceptors (Lipinski definition) is 3. The zero-order chi connectivity index (χ0) is 18.8. The van der Waals surface area contributed by atoms with Crippen LogP contribution in [0, 0.1) is 5.82 Å². The minimum absolute atomic E-state index is 0.261. The lowest BCUT2D eigenvalue weighted by Gasteiger charge is -2.09. The van der Waals surface area contributed by atoms with Gasteiger partial charge in [-0.3, -0.25) is 4.68 Å². The Morgan fingerprint density at radius 3 is 2.41 bits per heavy atom. The second-order valence-corrected chi connectivity index (χ2v) is 6.22. The third-order valence-corrected chi connectivity index (χ3v) is 4.47. The van der Waals surface area contributed by atoms with Crippen molar-refractivity contribution in [2.24, 2.45) is 0 Å². The number of carbonyl (C=O) groups is 1. The van der Waals surface area contributed by atoms with E-state index in [4.69, 9.17) is 9.84 Å². The molecule has 0 aliphatic rings. The first-order chi connectivity index (χ1) is 13.2. The maximum Gasteiger partial charge on any atom is 0.337 e. The molecular formula is C22H17FN2O2. The predicted octanol–water partition coefficient (Wildman–Crippen LogP) is 4.68. The molecule has 0 N–H and O–H groups in total. The molecule has 0 radical (unpaired) electrons. The maximum atomic E-state index is 13.2. The largest absolute Gasteiger partial charge is 0.465 e. The minimum Gasteiger partial charge on any atom is -0.465 e. The summed E-state index contributed by atoms with van der Waals surface area (Å²) in [5, 5.41) is 5.73. The Morgan fingerprint density at radius 1 is 1.00 bits per heavy atom. The van der Waals surface area contributed by atoms with Crippen molar-refractivity contribution >= 4 is 16.9 Å². The third kappa shape index (κ3) is 3.31. The van der Waals surface area contributed by atoms with E-state index in [0.717, 1.165) is 27.7 Å². The van der Waals surface area contributed by atoms with Crippen LogP contribution in [0.1, 0.15) is 15.9 Å². The normalized spacial score (nSPS) is 10.9. The van der Waals surface area contributed by atoms with Crippen molar-refractivity contribution in [3.05, 3.63) is 89.7 Å². The van der Waals surface area contributed by atoms with E-state index >= 15 is 0 Å². The van der Waals surface area contributed by atoms with Gasteiger partial charge in [-0.1, -0.05) is 42.5 Å². The van der Waals surface area contributed by atoms with Gasteiger partial charge in [0, 0.05) is 10.9 Å². The monoisotopic (exact) mass is 360 g/mol. The number of rotatable bonds is 4. The number of ether oxygens (including phenoxy) is 1. The highest BCUT2D eigenvalue weighted by atomic mass is 19.1. The van der Waals surface area contributed by atoms with Crippen LogP contribution in [0.2, 0.25) is 0 Å². The smallest absolute Gasteiger partial charge is 0.337 e. The molecule has 0 atom stereocenters. The fourth-order valence-electron chi connectivity index (χ4n) is 3.14. The second kappa shape index (κ2) is 7.03. The second-order valence-electron chi connectivity index (χ2n) is 6.22. The molecule has 0 unspecified atom stereocenters. The Morgan fingerprint density at radius 2 is 1.70 bits per heavy atom. The Bertz CT molecular complexity index is 1100. The number of nitrogens with zero attached hydrogens (tertiary/aromatic N) is 2. The molecule has 3 aromatic carbocycles. The standard InChI is InChI=1S/C22H17FN2O2/c1-27-22(26)17-10-8-16(9-11-17)21-19-4-2-3-5-20(19)24-25(21)14-15-6-12-18(23)13-7-15/h2-13H,14H2,1H3. The van der Waals surface area contributed by atoms with Gasteiger partial charge in [-0.25, -0.2) is 9.18 Å². The maximum absolute atomic E-state index is 13.2. The topological polar surface area (TPSA) is 44.1 Å². The van der Waals surface area contributed by atoms with Crippen LogP contribution >= 0.6 is 0 Å². The third-order valence-electron chi connectivity index (χ3n) is 4.47. The van der Waals surface area contributed by atoms with E-state index in [2.05, 4.69) is 0 Å². The number of aromatic nitrogens is 2. The molecule has 27 heavy (non-hydrogen) atoms. The molecule has 0 amide bonds. The molecule has 0 saturated heterocycles. The van der Waals surface area contributed by atoms with Gasteiger partial charge in [0.15, 0.2) is 0 Å². The van der Waals surface area contributed by atoms with Crippen LogP contribution in [-0.2, 0) is 11.3 Å². The molecular weight excluding hydrogens is 343 g/mol. The summed E-state index contributed by atoms with van der Waals surface area (Å²) in [6.07, 6.45) is 0. The van der Waals surface area contributed by atoms with E-state index in [-0.39, 0.29) is 11.8 Å². The van der Waals surface area contributed by atoms with Gasteiger partial charge in [-0.2, -0.15) is 5.10 Å². The average Bonchev–Trinajstić information content (AvgIpc) is 3.07. The Labute approximate surface area is 155 Å². The molecule has 0 spiro atoms. The lowest BCUT2D eigenvalue weighted by atomic mass is 10.1. The van der Waals surface area contributed by atoms with E-state index in [1.54, 1.807) is 24.3 Å². The Kier molecular flexibility index (Phi) is 4.42. The zero-order valence-electron chi connectivity index (χ0n) is 14.7. The molecule has 0 fully saturated rings. The lowest BCUT2D eigenvalue weighted by molar-refractivity contribution is 0.0601. The van der Waals surface area contributed by atoms with Crippen LogP contribution in [0.5, 0.6) is 0 Å². The van der Waals surface area contributed by atoms with E-state index in [0.29, 0.717) is 12.1 Å². The van der Waals surface area contributed by atoms with Crippen molar-refractivity contribution in [1.29, 1.82) is 0 Å². The average molecular weight is 360 g/mol. The predicted molar refractivity (Wildman–Crippen MR) is 102 cm³/mol. The SMILES string of the molecule is COC(=O)c1ccc(-c2c3ccccc3nn2Cc2ccc(F)cc2)cc1. The molecule has 0 bridgehead atoms. The first-order valence-electron chi connectivity index (χ1n) is 8.54. The van der Waals surface area contributed by atoms with Crippen LogP contribution in [0.3, 0.4) is 0 Å². The fraction of sp³-hybridized carbons (Fsp3) is 0.0909. The van der Waals surface area contributed by atoms with Crippen molar-refractivity contribution in [3.63, 3.8) is 0 Å². The quantitative estimate of drug-likeness (QED) is 0.497. The number of hydrogen-bond donors (Lipinski definition) is 0. The zero-order valence-corrected chi connectivity index (χ0v) is 14.7.